The van der Waals surface area contributed by atoms with Crippen molar-refractivity contribution < 1.29 is 4.42 Å². The molecule has 4 aromatic carbocycles. The van der Waals surface area contributed by atoms with Gasteiger partial charge in [0.1, 0.15) is 11.2 Å². The number of furan rings is 1. The van der Waals surface area contributed by atoms with E-state index in [-0.39, 0.29) is 0 Å². The van der Waals surface area contributed by atoms with Gasteiger partial charge in [0.05, 0.1) is 0 Å². The SMILES string of the molecule is Cc1c(-c2ccccc2)cccc1-c1cccc2oc3ccccc3c12. The lowest BCUT2D eigenvalue weighted by Crippen LogP contribution is -1.89. The van der Waals surface area contributed by atoms with Crippen LogP contribution in [0.1, 0.15) is 5.56 Å². The Kier molecular flexibility index (Phi) is 3.39. The summed E-state index contributed by atoms with van der Waals surface area (Å²) in [5, 5.41) is 2.36. The first-order valence-electron chi connectivity index (χ1n) is 8.88. The maximum atomic E-state index is 6.07. The van der Waals surface area contributed by atoms with Crippen molar-refractivity contribution in [1.29, 1.82) is 0 Å². The highest BCUT2D eigenvalue weighted by Crippen LogP contribution is 2.39. The number of benzene rings is 4. The van der Waals surface area contributed by atoms with Crippen molar-refractivity contribution in [3.8, 4) is 22.3 Å². The van der Waals surface area contributed by atoms with Gasteiger partial charge in [-0.25, -0.2) is 0 Å². The zero-order chi connectivity index (χ0) is 17.5. The van der Waals surface area contributed by atoms with Crippen molar-refractivity contribution in [2.45, 2.75) is 6.92 Å². The molecule has 1 aromatic heterocycles. The molecule has 5 aromatic rings. The van der Waals surface area contributed by atoms with Gasteiger partial charge >= 0.3 is 0 Å². The summed E-state index contributed by atoms with van der Waals surface area (Å²) in [4.78, 5) is 0. The summed E-state index contributed by atoms with van der Waals surface area (Å²) >= 11 is 0. The fourth-order valence-corrected chi connectivity index (χ4v) is 3.86. The van der Waals surface area contributed by atoms with E-state index in [0.717, 1.165) is 11.2 Å². The molecule has 1 heterocycles. The standard InChI is InChI=1S/C25H18O/c1-17-19(18-9-3-2-4-10-18)12-7-13-20(17)21-14-8-16-24-25(21)22-11-5-6-15-23(22)26-24/h2-16H,1H3. The van der Waals surface area contributed by atoms with Crippen LogP contribution < -0.4 is 0 Å². The molecule has 0 aliphatic carbocycles. The summed E-state index contributed by atoms with van der Waals surface area (Å²) in [7, 11) is 0. The third kappa shape index (κ3) is 2.25. The van der Waals surface area contributed by atoms with E-state index in [1.54, 1.807) is 0 Å². The van der Waals surface area contributed by atoms with E-state index in [0.29, 0.717) is 0 Å². The molecule has 0 amide bonds. The molecule has 124 valence electrons. The van der Waals surface area contributed by atoms with Crippen LogP contribution in [0.3, 0.4) is 0 Å². The minimum Gasteiger partial charge on any atom is -0.456 e. The van der Waals surface area contributed by atoms with Crippen molar-refractivity contribution in [1.82, 2.24) is 0 Å². The maximum absolute atomic E-state index is 6.07. The normalized spacial score (nSPS) is 11.3. The monoisotopic (exact) mass is 334 g/mol. The number of rotatable bonds is 2. The third-order valence-corrected chi connectivity index (χ3v) is 5.11. The fraction of sp³-hybridized carbons (Fsp3) is 0.0400. The summed E-state index contributed by atoms with van der Waals surface area (Å²) in [6.07, 6.45) is 0. The van der Waals surface area contributed by atoms with Crippen molar-refractivity contribution in [3.05, 3.63) is 96.6 Å². The predicted octanol–water partition coefficient (Wildman–Crippen LogP) is 7.23. The molecule has 0 atom stereocenters. The second-order valence-electron chi connectivity index (χ2n) is 6.62. The van der Waals surface area contributed by atoms with E-state index >= 15 is 0 Å². The zero-order valence-electron chi connectivity index (χ0n) is 14.6. The number of hydrogen-bond acceptors (Lipinski definition) is 1. The molecule has 0 fully saturated rings. The van der Waals surface area contributed by atoms with Crippen LogP contribution in [0.15, 0.2) is 95.4 Å². The topological polar surface area (TPSA) is 13.1 Å². The molecule has 0 aliphatic rings. The average Bonchev–Trinajstić information content (AvgIpc) is 3.08. The van der Waals surface area contributed by atoms with Crippen molar-refractivity contribution in [2.75, 3.05) is 0 Å². The summed E-state index contributed by atoms with van der Waals surface area (Å²) in [5.74, 6) is 0. The molecule has 26 heavy (non-hydrogen) atoms. The van der Waals surface area contributed by atoms with Crippen LogP contribution in [0.2, 0.25) is 0 Å². The Balaban J connectivity index is 1.82. The van der Waals surface area contributed by atoms with Crippen molar-refractivity contribution in [3.63, 3.8) is 0 Å². The Morgan fingerprint density at radius 2 is 1.19 bits per heavy atom. The second-order valence-corrected chi connectivity index (χ2v) is 6.62. The largest absolute Gasteiger partial charge is 0.456 e. The van der Waals surface area contributed by atoms with Gasteiger partial charge in [0.25, 0.3) is 0 Å². The minimum absolute atomic E-state index is 0.937. The molecule has 0 N–H and O–H groups in total. The highest BCUT2D eigenvalue weighted by molar-refractivity contribution is 6.12. The Bertz CT molecular complexity index is 1230. The van der Waals surface area contributed by atoms with E-state index in [2.05, 4.69) is 85.8 Å². The highest BCUT2D eigenvalue weighted by atomic mass is 16.3. The molecule has 1 heteroatoms. The van der Waals surface area contributed by atoms with Gasteiger partial charge in [0, 0.05) is 10.8 Å². The van der Waals surface area contributed by atoms with Crippen LogP contribution in [0.25, 0.3) is 44.2 Å². The van der Waals surface area contributed by atoms with Crippen LogP contribution in [0.5, 0.6) is 0 Å². The van der Waals surface area contributed by atoms with E-state index < -0.39 is 0 Å². The van der Waals surface area contributed by atoms with Crippen LogP contribution in [-0.2, 0) is 0 Å². The maximum Gasteiger partial charge on any atom is 0.136 e. The molecule has 0 bridgehead atoms. The van der Waals surface area contributed by atoms with Gasteiger partial charge in [0.15, 0.2) is 0 Å². The van der Waals surface area contributed by atoms with Crippen LogP contribution >= 0.6 is 0 Å². The van der Waals surface area contributed by atoms with Gasteiger partial charge in [-0.1, -0.05) is 78.9 Å². The van der Waals surface area contributed by atoms with Gasteiger partial charge in [-0.15, -0.1) is 0 Å². The lowest BCUT2D eigenvalue weighted by atomic mass is 9.91. The molecular formula is C25H18O. The first-order chi connectivity index (χ1) is 12.8. The predicted molar refractivity (Wildman–Crippen MR) is 109 cm³/mol. The second kappa shape index (κ2) is 5.89. The first kappa shape index (κ1) is 15.0. The molecule has 5 rings (SSSR count). The van der Waals surface area contributed by atoms with Gasteiger partial charge in [-0.3, -0.25) is 0 Å². The molecule has 0 spiro atoms. The summed E-state index contributed by atoms with van der Waals surface area (Å²) < 4.78 is 6.07. The third-order valence-electron chi connectivity index (χ3n) is 5.11. The Hall–Kier alpha value is -3.32. The minimum atomic E-state index is 0.937. The smallest absolute Gasteiger partial charge is 0.136 e. The molecule has 0 unspecified atom stereocenters. The van der Waals surface area contributed by atoms with Gasteiger partial charge in [-0.2, -0.15) is 0 Å². The molecule has 0 aliphatic heterocycles. The first-order valence-corrected chi connectivity index (χ1v) is 8.88. The van der Waals surface area contributed by atoms with Crippen molar-refractivity contribution >= 4 is 21.9 Å². The average molecular weight is 334 g/mol. The molecule has 1 nitrogen and oxygen atoms in total. The molecule has 0 saturated heterocycles. The number of para-hydroxylation sites is 1. The lowest BCUT2D eigenvalue weighted by molar-refractivity contribution is 0.669. The molecule has 0 radical (unpaired) electrons. The summed E-state index contributed by atoms with van der Waals surface area (Å²) in [6.45, 7) is 2.21. The van der Waals surface area contributed by atoms with Gasteiger partial charge in [0.2, 0.25) is 0 Å². The van der Waals surface area contributed by atoms with Crippen LogP contribution in [0, 0.1) is 6.92 Å². The quantitative estimate of drug-likeness (QED) is 0.332. The van der Waals surface area contributed by atoms with E-state index in [1.165, 1.54) is 38.6 Å². The van der Waals surface area contributed by atoms with Gasteiger partial charge in [-0.05, 0) is 46.9 Å². The van der Waals surface area contributed by atoms with Crippen molar-refractivity contribution in [2.24, 2.45) is 0 Å². The Morgan fingerprint density at radius 1 is 0.538 bits per heavy atom. The summed E-state index contributed by atoms with van der Waals surface area (Å²) in [5.41, 5.74) is 8.16. The van der Waals surface area contributed by atoms with Crippen LogP contribution in [-0.4, -0.2) is 0 Å². The highest BCUT2D eigenvalue weighted by Gasteiger charge is 2.14. The molecular weight excluding hydrogens is 316 g/mol. The molecule has 0 saturated carbocycles. The summed E-state index contributed by atoms with van der Waals surface area (Å²) in [6, 6.07) is 31.7. The van der Waals surface area contributed by atoms with E-state index in [1.807, 2.05) is 12.1 Å². The Morgan fingerprint density at radius 3 is 2.08 bits per heavy atom. The Labute approximate surface area is 152 Å². The lowest BCUT2D eigenvalue weighted by Gasteiger charge is -2.13. The van der Waals surface area contributed by atoms with E-state index in [4.69, 9.17) is 4.42 Å². The zero-order valence-corrected chi connectivity index (χ0v) is 14.6. The van der Waals surface area contributed by atoms with Crippen LogP contribution in [0.4, 0.5) is 0 Å². The fourth-order valence-electron chi connectivity index (χ4n) is 3.86. The number of hydrogen-bond donors (Lipinski definition) is 0. The van der Waals surface area contributed by atoms with Gasteiger partial charge < -0.3 is 4.42 Å². The number of fused-ring (bicyclic) bond motifs is 3. The van der Waals surface area contributed by atoms with E-state index in [9.17, 15) is 0 Å².